The molecule has 1 aliphatic carbocycles. The van der Waals surface area contributed by atoms with Crippen molar-refractivity contribution in [2.45, 2.75) is 25.7 Å². The normalized spacial score (nSPS) is 24.6. The average molecular weight is 138 g/mol. The summed E-state index contributed by atoms with van der Waals surface area (Å²) in [7, 11) is 0. The van der Waals surface area contributed by atoms with Gasteiger partial charge in [-0.25, -0.2) is 0 Å². The lowest BCUT2D eigenvalue weighted by atomic mass is 9.96. The maximum atomic E-state index is 11.1. The third kappa shape index (κ3) is 0.753. The zero-order valence-electron chi connectivity index (χ0n) is 5.85. The van der Waals surface area contributed by atoms with Crippen LogP contribution < -0.4 is 0 Å². The molecular formula is C8H10O2. The highest BCUT2D eigenvalue weighted by Gasteiger charge is 2.25. The van der Waals surface area contributed by atoms with E-state index in [-0.39, 0.29) is 0 Å². The van der Waals surface area contributed by atoms with Gasteiger partial charge in [0, 0.05) is 24.8 Å². The number of rotatable bonds is 0. The number of carbonyl (C=O) groups excluding carboxylic acids is 1. The molecule has 0 atom stereocenters. The van der Waals surface area contributed by atoms with Gasteiger partial charge >= 0.3 is 0 Å². The highest BCUT2D eigenvalue weighted by Crippen LogP contribution is 2.29. The summed E-state index contributed by atoms with van der Waals surface area (Å²) in [4.78, 5) is 11.1. The molecule has 0 saturated heterocycles. The SMILES string of the molecule is O=C1CCCC2=C1CCO2. The standard InChI is InChI=1S/C8H10O2/c9-7-2-1-3-8-6(7)4-5-10-8/h1-5H2. The van der Waals surface area contributed by atoms with Crippen LogP contribution in [0.4, 0.5) is 0 Å². The third-order valence-electron chi connectivity index (χ3n) is 2.11. The Hall–Kier alpha value is -0.790. The van der Waals surface area contributed by atoms with Gasteiger partial charge in [0.2, 0.25) is 0 Å². The molecule has 2 aliphatic rings. The van der Waals surface area contributed by atoms with E-state index >= 15 is 0 Å². The first-order valence-corrected chi connectivity index (χ1v) is 3.76. The van der Waals surface area contributed by atoms with Crippen LogP contribution >= 0.6 is 0 Å². The van der Waals surface area contributed by atoms with Crippen LogP contribution in [0.1, 0.15) is 25.7 Å². The van der Waals surface area contributed by atoms with Crippen molar-refractivity contribution in [3.8, 4) is 0 Å². The number of hydrogen-bond acceptors (Lipinski definition) is 2. The van der Waals surface area contributed by atoms with Gasteiger partial charge in [0.05, 0.1) is 6.61 Å². The van der Waals surface area contributed by atoms with Gasteiger partial charge in [-0.15, -0.1) is 0 Å². The molecule has 10 heavy (non-hydrogen) atoms. The van der Waals surface area contributed by atoms with E-state index in [0.717, 1.165) is 43.6 Å². The van der Waals surface area contributed by atoms with E-state index in [1.165, 1.54) is 0 Å². The van der Waals surface area contributed by atoms with E-state index < -0.39 is 0 Å². The number of Topliss-reactive ketones (excluding diaryl/α,β-unsaturated/α-hetero) is 1. The van der Waals surface area contributed by atoms with Gasteiger partial charge in [-0.3, -0.25) is 4.79 Å². The van der Waals surface area contributed by atoms with Crippen molar-refractivity contribution < 1.29 is 9.53 Å². The van der Waals surface area contributed by atoms with E-state index in [1.54, 1.807) is 0 Å². The predicted molar refractivity (Wildman–Crippen MR) is 36.5 cm³/mol. The van der Waals surface area contributed by atoms with Crippen LogP contribution in [0.2, 0.25) is 0 Å². The highest BCUT2D eigenvalue weighted by molar-refractivity contribution is 5.96. The lowest BCUT2D eigenvalue weighted by Gasteiger charge is -2.10. The summed E-state index contributed by atoms with van der Waals surface area (Å²) in [5, 5.41) is 0. The molecule has 2 heteroatoms. The Morgan fingerprint density at radius 1 is 1.20 bits per heavy atom. The fourth-order valence-electron chi connectivity index (χ4n) is 1.58. The fourth-order valence-corrected chi connectivity index (χ4v) is 1.58. The van der Waals surface area contributed by atoms with Crippen molar-refractivity contribution in [2.75, 3.05) is 6.61 Å². The zero-order chi connectivity index (χ0) is 6.97. The molecule has 0 aromatic carbocycles. The maximum Gasteiger partial charge on any atom is 0.162 e. The van der Waals surface area contributed by atoms with E-state index in [2.05, 4.69) is 0 Å². The quantitative estimate of drug-likeness (QED) is 0.506. The van der Waals surface area contributed by atoms with Crippen molar-refractivity contribution in [2.24, 2.45) is 0 Å². The molecule has 0 amide bonds. The largest absolute Gasteiger partial charge is 0.497 e. The molecule has 0 radical (unpaired) electrons. The Morgan fingerprint density at radius 3 is 2.90 bits per heavy atom. The summed E-state index contributed by atoms with van der Waals surface area (Å²) >= 11 is 0. The first-order chi connectivity index (χ1) is 4.88. The van der Waals surface area contributed by atoms with E-state index in [4.69, 9.17) is 4.74 Å². The minimum absolute atomic E-state index is 0.318. The molecule has 0 fully saturated rings. The Bertz CT molecular complexity index is 203. The smallest absolute Gasteiger partial charge is 0.162 e. The number of hydrogen-bond donors (Lipinski definition) is 0. The molecule has 0 unspecified atom stereocenters. The molecule has 0 aromatic rings. The van der Waals surface area contributed by atoms with E-state index in [9.17, 15) is 4.79 Å². The van der Waals surface area contributed by atoms with Gasteiger partial charge in [-0.2, -0.15) is 0 Å². The first kappa shape index (κ1) is 5.96. The third-order valence-corrected chi connectivity index (χ3v) is 2.11. The second-order valence-corrected chi connectivity index (χ2v) is 2.78. The zero-order valence-corrected chi connectivity index (χ0v) is 5.85. The minimum atomic E-state index is 0.318. The number of carbonyl (C=O) groups is 1. The lowest BCUT2D eigenvalue weighted by Crippen LogP contribution is -2.07. The van der Waals surface area contributed by atoms with Crippen LogP contribution in [0.25, 0.3) is 0 Å². The summed E-state index contributed by atoms with van der Waals surface area (Å²) in [6.07, 6.45) is 3.56. The summed E-state index contributed by atoms with van der Waals surface area (Å²) in [6, 6.07) is 0. The van der Waals surface area contributed by atoms with Crippen molar-refractivity contribution in [3.63, 3.8) is 0 Å². The second-order valence-electron chi connectivity index (χ2n) is 2.78. The van der Waals surface area contributed by atoms with Crippen LogP contribution in [0, 0.1) is 0 Å². The van der Waals surface area contributed by atoms with Crippen LogP contribution in [-0.2, 0) is 9.53 Å². The molecule has 2 nitrogen and oxygen atoms in total. The minimum Gasteiger partial charge on any atom is -0.497 e. The molecule has 0 aromatic heterocycles. The number of allylic oxidation sites excluding steroid dienone is 1. The topological polar surface area (TPSA) is 26.3 Å². The summed E-state index contributed by atoms with van der Waals surface area (Å²) in [6.45, 7) is 0.733. The van der Waals surface area contributed by atoms with Crippen molar-refractivity contribution in [1.82, 2.24) is 0 Å². The van der Waals surface area contributed by atoms with Gasteiger partial charge < -0.3 is 4.74 Å². The molecule has 54 valence electrons. The van der Waals surface area contributed by atoms with Gasteiger partial charge in [0.1, 0.15) is 5.76 Å². The van der Waals surface area contributed by atoms with Crippen LogP contribution in [0.3, 0.4) is 0 Å². The summed E-state index contributed by atoms with van der Waals surface area (Å²) in [5.74, 6) is 1.30. The summed E-state index contributed by atoms with van der Waals surface area (Å²) < 4.78 is 5.29. The Morgan fingerprint density at radius 2 is 2.10 bits per heavy atom. The summed E-state index contributed by atoms with van der Waals surface area (Å²) in [5.41, 5.74) is 0.978. The van der Waals surface area contributed by atoms with Gasteiger partial charge in [-0.1, -0.05) is 0 Å². The molecular weight excluding hydrogens is 128 g/mol. The van der Waals surface area contributed by atoms with E-state index in [1.807, 2.05) is 0 Å². The predicted octanol–water partition coefficient (Wildman–Crippen LogP) is 1.41. The van der Waals surface area contributed by atoms with Gasteiger partial charge in [-0.05, 0) is 6.42 Å². The number of ether oxygens (including phenoxy) is 1. The van der Waals surface area contributed by atoms with Crippen molar-refractivity contribution in [1.29, 1.82) is 0 Å². The lowest BCUT2D eigenvalue weighted by molar-refractivity contribution is -0.116. The Balaban J connectivity index is 2.31. The highest BCUT2D eigenvalue weighted by atomic mass is 16.5. The van der Waals surface area contributed by atoms with Crippen LogP contribution in [-0.4, -0.2) is 12.4 Å². The molecule has 1 aliphatic heterocycles. The maximum absolute atomic E-state index is 11.1. The first-order valence-electron chi connectivity index (χ1n) is 3.76. The molecule has 0 bridgehead atoms. The van der Waals surface area contributed by atoms with Crippen molar-refractivity contribution >= 4 is 5.78 Å². The van der Waals surface area contributed by atoms with Crippen LogP contribution in [0.5, 0.6) is 0 Å². The second kappa shape index (κ2) is 2.11. The van der Waals surface area contributed by atoms with Crippen LogP contribution in [0.15, 0.2) is 11.3 Å². The molecule has 2 rings (SSSR count). The molecule has 0 N–H and O–H groups in total. The molecule has 0 saturated carbocycles. The fraction of sp³-hybridized carbons (Fsp3) is 0.625. The molecule has 0 spiro atoms. The van der Waals surface area contributed by atoms with Crippen molar-refractivity contribution in [3.05, 3.63) is 11.3 Å². The Kier molecular flexibility index (Phi) is 1.26. The average Bonchev–Trinajstić information content (AvgIpc) is 2.36. The number of ketones is 1. The van der Waals surface area contributed by atoms with E-state index in [0.29, 0.717) is 5.78 Å². The molecule has 1 heterocycles. The van der Waals surface area contributed by atoms with Gasteiger partial charge in [0.15, 0.2) is 5.78 Å². The monoisotopic (exact) mass is 138 g/mol. The Labute approximate surface area is 59.9 Å². The van der Waals surface area contributed by atoms with Gasteiger partial charge in [0.25, 0.3) is 0 Å².